The lowest BCUT2D eigenvalue weighted by molar-refractivity contribution is 0.232. The maximum absolute atomic E-state index is 5.99. The molecule has 2 nitrogen and oxygen atoms in total. The van der Waals surface area contributed by atoms with Gasteiger partial charge in [-0.05, 0) is 30.9 Å². The fourth-order valence-corrected chi connectivity index (χ4v) is 2.91. The Hall–Kier alpha value is -0.540. The average Bonchev–Trinajstić information content (AvgIpc) is 2.65. The Morgan fingerprint density at radius 3 is 2.56 bits per heavy atom. The van der Waals surface area contributed by atoms with E-state index in [4.69, 9.17) is 10.5 Å². The highest BCUT2D eigenvalue weighted by Crippen LogP contribution is 2.27. The van der Waals surface area contributed by atoms with Crippen LogP contribution in [0, 0.1) is 5.92 Å². The Morgan fingerprint density at radius 2 is 1.89 bits per heavy atom. The first-order valence-corrected chi connectivity index (χ1v) is 7.70. The molecule has 0 aliphatic heterocycles. The Balaban J connectivity index is 1.94. The molecule has 1 aliphatic rings. The van der Waals surface area contributed by atoms with Crippen molar-refractivity contribution >= 4 is 15.9 Å². The van der Waals surface area contributed by atoms with Gasteiger partial charge in [-0.3, -0.25) is 0 Å². The summed E-state index contributed by atoms with van der Waals surface area (Å²) in [6.07, 6.45) is 8.12. The van der Waals surface area contributed by atoms with E-state index < -0.39 is 0 Å². The first-order chi connectivity index (χ1) is 8.79. The van der Waals surface area contributed by atoms with Gasteiger partial charge >= 0.3 is 0 Å². The zero-order chi connectivity index (χ0) is 12.8. The van der Waals surface area contributed by atoms with Crippen LogP contribution < -0.4 is 10.5 Å². The van der Waals surface area contributed by atoms with Gasteiger partial charge in [0.2, 0.25) is 0 Å². The summed E-state index contributed by atoms with van der Waals surface area (Å²) in [5.41, 5.74) is 6.83. The lowest BCUT2D eigenvalue weighted by Gasteiger charge is -2.17. The van der Waals surface area contributed by atoms with Crippen LogP contribution in [0.1, 0.15) is 44.1 Å². The molecule has 0 bridgehead atoms. The van der Waals surface area contributed by atoms with Crippen molar-refractivity contribution in [3.05, 3.63) is 28.2 Å². The SMILES string of the molecule is NCc1ccc(Br)cc1OCC1CCCCCC1. The Kier molecular flexibility index (Phi) is 5.51. The van der Waals surface area contributed by atoms with E-state index in [9.17, 15) is 0 Å². The molecule has 0 atom stereocenters. The van der Waals surface area contributed by atoms with Crippen LogP contribution in [0.4, 0.5) is 0 Å². The van der Waals surface area contributed by atoms with Crippen molar-refractivity contribution < 1.29 is 4.74 Å². The third-order valence-corrected chi connectivity index (χ3v) is 4.19. The Morgan fingerprint density at radius 1 is 1.17 bits per heavy atom. The van der Waals surface area contributed by atoms with Gasteiger partial charge in [0.05, 0.1) is 6.61 Å². The van der Waals surface area contributed by atoms with E-state index in [1.54, 1.807) is 0 Å². The molecule has 100 valence electrons. The van der Waals surface area contributed by atoms with Crippen LogP contribution in [0.15, 0.2) is 22.7 Å². The maximum atomic E-state index is 5.99. The highest BCUT2D eigenvalue weighted by molar-refractivity contribution is 9.10. The number of benzene rings is 1. The molecule has 1 saturated carbocycles. The van der Waals surface area contributed by atoms with Gasteiger partial charge in [-0.2, -0.15) is 0 Å². The first kappa shape index (κ1) is 13.9. The highest BCUT2D eigenvalue weighted by atomic mass is 79.9. The molecule has 0 spiro atoms. The van der Waals surface area contributed by atoms with Crippen LogP contribution >= 0.6 is 15.9 Å². The van der Waals surface area contributed by atoms with E-state index in [1.807, 2.05) is 18.2 Å². The molecule has 0 aromatic heterocycles. The molecular formula is C15H22BrNO. The molecule has 18 heavy (non-hydrogen) atoms. The lowest BCUT2D eigenvalue weighted by Crippen LogP contribution is -2.12. The second-order valence-corrected chi connectivity index (χ2v) is 6.04. The molecule has 2 N–H and O–H groups in total. The molecule has 0 unspecified atom stereocenters. The van der Waals surface area contributed by atoms with Gasteiger partial charge in [0.15, 0.2) is 0 Å². The van der Waals surface area contributed by atoms with Crippen molar-refractivity contribution in [3.63, 3.8) is 0 Å². The topological polar surface area (TPSA) is 35.2 Å². The van der Waals surface area contributed by atoms with Gasteiger partial charge in [-0.1, -0.05) is 47.7 Å². The number of rotatable bonds is 4. The smallest absolute Gasteiger partial charge is 0.124 e. The highest BCUT2D eigenvalue weighted by Gasteiger charge is 2.13. The van der Waals surface area contributed by atoms with Crippen molar-refractivity contribution in [1.29, 1.82) is 0 Å². The lowest BCUT2D eigenvalue weighted by atomic mass is 10.0. The van der Waals surface area contributed by atoms with Crippen molar-refractivity contribution in [1.82, 2.24) is 0 Å². The molecular weight excluding hydrogens is 290 g/mol. The molecule has 0 heterocycles. The first-order valence-electron chi connectivity index (χ1n) is 6.91. The molecule has 1 aromatic rings. The van der Waals surface area contributed by atoms with Crippen molar-refractivity contribution in [3.8, 4) is 5.75 Å². The molecule has 1 aromatic carbocycles. The monoisotopic (exact) mass is 311 g/mol. The van der Waals surface area contributed by atoms with Gasteiger partial charge < -0.3 is 10.5 Å². The predicted molar refractivity (Wildman–Crippen MR) is 78.7 cm³/mol. The van der Waals surface area contributed by atoms with Gasteiger partial charge in [-0.15, -0.1) is 0 Å². The standard InChI is InChI=1S/C15H22BrNO/c16-14-8-7-13(10-17)15(9-14)18-11-12-5-3-1-2-4-6-12/h7-9,12H,1-6,10-11,17H2. The third-order valence-electron chi connectivity index (χ3n) is 3.70. The van der Waals surface area contributed by atoms with Gasteiger partial charge in [0.25, 0.3) is 0 Å². The molecule has 0 amide bonds. The van der Waals surface area contributed by atoms with Gasteiger partial charge in [0, 0.05) is 16.6 Å². The summed E-state index contributed by atoms with van der Waals surface area (Å²) in [7, 11) is 0. The average molecular weight is 312 g/mol. The summed E-state index contributed by atoms with van der Waals surface area (Å²) in [6, 6.07) is 6.08. The van der Waals surface area contributed by atoms with Crippen molar-refractivity contribution in [2.45, 2.75) is 45.1 Å². The summed E-state index contributed by atoms with van der Waals surface area (Å²) >= 11 is 3.48. The third kappa shape index (κ3) is 3.99. The van der Waals surface area contributed by atoms with E-state index in [-0.39, 0.29) is 0 Å². The number of ether oxygens (including phenoxy) is 1. The Bertz CT molecular complexity index is 373. The minimum atomic E-state index is 0.535. The second-order valence-electron chi connectivity index (χ2n) is 5.12. The van der Waals surface area contributed by atoms with E-state index in [2.05, 4.69) is 15.9 Å². The summed E-state index contributed by atoms with van der Waals surface area (Å²) in [6.45, 7) is 1.37. The second kappa shape index (κ2) is 7.15. The summed E-state index contributed by atoms with van der Waals surface area (Å²) < 4.78 is 7.05. The van der Waals surface area contributed by atoms with Crippen LogP contribution in [0.25, 0.3) is 0 Å². The minimum absolute atomic E-state index is 0.535. The van der Waals surface area contributed by atoms with E-state index in [0.717, 1.165) is 28.3 Å². The van der Waals surface area contributed by atoms with E-state index in [0.29, 0.717) is 6.54 Å². The molecule has 0 radical (unpaired) electrons. The van der Waals surface area contributed by atoms with E-state index >= 15 is 0 Å². The fourth-order valence-electron chi connectivity index (χ4n) is 2.57. The number of nitrogens with two attached hydrogens (primary N) is 1. The fraction of sp³-hybridized carbons (Fsp3) is 0.600. The predicted octanol–water partition coefficient (Wildman–Crippen LogP) is 4.26. The molecule has 1 aliphatic carbocycles. The summed E-state index contributed by atoms with van der Waals surface area (Å²) in [5, 5.41) is 0. The van der Waals surface area contributed by atoms with Crippen LogP contribution in [-0.4, -0.2) is 6.61 Å². The number of hydrogen-bond donors (Lipinski definition) is 1. The zero-order valence-electron chi connectivity index (χ0n) is 10.8. The minimum Gasteiger partial charge on any atom is -0.493 e. The largest absolute Gasteiger partial charge is 0.493 e. The molecule has 3 heteroatoms. The summed E-state index contributed by atoms with van der Waals surface area (Å²) in [5.74, 6) is 1.66. The van der Waals surface area contributed by atoms with Crippen LogP contribution in [-0.2, 0) is 6.54 Å². The van der Waals surface area contributed by atoms with Crippen molar-refractivity contribution in [2.75, 3.05) is 6.61 Å². The zero-order valence-corrected chi connectivity index (χ0v) is 12.4. The van der Waals surface area contributed by atoms with Crippen LogP contribution in [0.2, 0.25) is 0 Å². The normalized spacial score (nSPS) is 17.4. The number of halogens is 1. The van der Waals surface area contributed by atoms with Gasteiger partial charge in [0.1, 0.15) is 5.75 Å². The van der Waals surface area contributed by atoms with E-state index in [1.165, 1.54) is 38.5 Å². The molecule has 1 fully saturated rings. The van der Waals surface area contributed by atoms with Gasteiger partial charge in [-0.25, -0.2) is 0 Å². The molecule has 0 saturated heterocycles. The number of hydrogen-bond acceptors (Lipinski definition) is 2. The molecule has 2 rings (SSSR count). The summed E-state index contributed by atoms with van der Waals surface area (Å²) in [4.78, 5) is 0. The Labute approximate surface area is 118 Å². The van der Waals surface area contributed by atoms with Crippen LogP contribution in [0.3, 0.4) is 0 Å². The quantitative estimate of drug-likeness (QED) is 0.843. The van der Waals surface area contributed by atoms with Crippen molar-refractivity contribution in [2.24, 2.45) is 11.7 Å². The maximum Gasteiger partial charge on any atom is 0.124 e. The van der Waals surface area contributed by atoms with Crippen LogP contribution in [0.5, 0.6) is 5.75 Å².